The molecule has 224 valence electrons. The van der Waals surface area contributed by atoms with E-state index >= 15 is 0 Å². The standard InChI is InChI=1S/C29H38ClN3O8/c1-28(2,3)17(11-34)33(6)10-13-9-16(35)19-14(21(13)30)7-12-8-15-22(32(4)5)24(37)20(27(31)40)26(39)29(15,41)25(38)18(12)23(19)36/h9,12,15,17-18,20,22,34-35,41H,7-8,10-11H2,1-6H3,(H2,31,40)/t12-,15-,17+,18?,20?,22-,29-/m0/s1. The van der Waals surface area contributed by atoms with Gasteiger partial charge in [-0.15, -0.1) is 0 Å². The lowest BCUT2D eigenvalue weighted by atomic mass is 9.52. The molecule has 5 N–H and O–H groups in total. The summed E-state index contributed by atoms with van der Waals surface area (Å²) in [5.74, 6) is -11.1. The van der Waals surface area contributed by atoms with Crippen LogP contribution in [0.4, 0.5) is 0 Å². The number of primary amides is 1. The maximum atomic E-state index is 13.9. The molecule has 12 heteroatoms. The summed E-state index contributed by atoms with van der Waals surface area (Å²) in [4.78, 5) is 69.7. The van der Waals surface area contributed by atoms with Crippen molar-refractivity contribution in [3.8, 4) is 5.75 Å². The number of carbonyl (C=O) groups is 5. The number of aromatic hydroxyl groups is 1. The van der Waals surface area contributed by atoms with Gasteiger partial charge in [-0.3, -0.25) is 33.8 Å². The predicted molar refractivity (Wildman–Crippen MR) is 148 cm³/mol. The molecule has 0 aliphatic heterocycles. The minimum atomic E-state index is -2.77. The molecule has 0 aromatic heterocycles. The molecular weight excluding hydrogens is 554 g/mol. The van der Waals surface area contributed by atoms with Crippen molar-refractivity contribution in [1.82, 2.24) is 9.80 Å². The second-order valence-electron chi connectivity index (χ2n) is 13.0. The van der Waals surface area contributed by atoms with Crippen LogP contribution < -0.4 is 5.73 Å². The van der Waals surface area contributed by atoms with E-state index in [-0.39, 0.29) is 53.8 Å². The fraction of sp³-hybridized carbons (Fsp3) is 0.621. The molecule has 11 nitrogen and oxygen atoms in total. The molecule has 2 unspecified atom stereocenters. The topological polar surface area (TPSA) is 179 Å². The Labute approximate surface area is 243 Å². The Kier molecular flexibility index (Phi) is 8.03. The van der Waals surface area contributed by atoms with Crippen molar-refractivity contribution in [3.05, 3.63) is 27.8 Å². The van der Waals surface area contributed by atoms with Gasteiger partial charge in [-0.05, 0) is 62.5 Å². The van der Waals surface area contributed by atoms with Gasteiger partial charge in [-0.25, -0.2) is 0 Å². The molecule has 0 radical (unpaired) electrons. The number of nitrogens with zero attached hydrogens (tertiary/aromatic N) is 2. The van der Waals surface area contributed by atoms with Crippen molar-refractivity contribution in [3.63, 3.8) is 0 Å². The molecular formula is C29H38ClN3O8. The molecule has 0 saturated heterocycles. The van der Waals surface area contributed by atoms with E-state index in [1.807, 2.05) is 32.7 Å². The van der Waals surface area contributed by atoms with E-state index < -0.39 is 64.4 Å². The lowest BCUT2D eigenvalue weighted by Crippen LogP contribution is -2.74. The third kappa shape index (κ3) is 4.71. The molecule has 4 rings (SSSR count). The molecule has 2 saturated carbocycles. The molecule has 3 aliphatic carbocycles. The highest BCUT2D eigenvalue weighted by atomic mass is 35.5. The summed E-state index contributed by atoms with van der Waals surface area (Å²) in [6.45, 7) is 6.12. The third-order valence-corrected chi connectivity index (χ3v) is 9.66. The molecule has 2 fully saturated rings. The number of aliphatic hydroxyl groups excluding tert-OH is 1. The molecule has 1 aromatic carbocycles. The minimum Gasteiger partial charge on any atom is -0.507 e. The van der Waals surface area contributed by atoms with Crippen LogP contribution in [0.2, 0.25) is 5.02 Å². The van der Waals surface area contributed by atoms with Crippen molar-refractivity contribution >= 4 is 40.6 Å². The number of amides is 1. The molecule has 1 amide bonds. The molecule has 0 bridgehead atoms. The summed E-state index contributed by atoms with van der Waals surface area (Å²) in [7, 11) is 4.88. The maximum absolute atomic E-state index is 13.9. The number of hydrogen-bond donors (Lipinski definition) is 4. The number of phenolic OH excluding ortho intramolecular Hbond substituents is 1. The summed E-state index contributed by atoms with van der Waals surface area (Å²) in [6, 6.07) is -0.0498. The first-order valence-corrected chi connectivity index (χ1v) is 14.0. The van der Waals surface area contributed by atoms with Crippen LogP contribution in [0.3, 0.4) is 0 Å². The molecule has 0 heterocycles. The van der Waals surface area contributed by atoms with Gasteiger partial charge in [-0.2, -0.15) is 0 Å². The monoisotopic (exact) mass is 591 g/mol. The Morgan fingerprint density at radius 2 is 1.78 bits per heavy atom. The Balaban J connectivity index is 1.78. The molecule has 7 atom stereocenters. The van der Waals surface area contributed by atoms with Crippen LogP contribution in [0.25, 0.3) is 0 Å². The Bertz CT molecular complexity index is 1340. The number of phenols is 1. The fourth-order valence-corrected chi connectivity index (χ4v) is 7.56. The van der Waals surface area contributed by atoms with Crippen LogP contribution >= 0.6 is 11.6 Å². The summed E-state index contributed by atoms with van der Waals surface area (Å²) >= 11 is 6.83. The number of halogens is 1. The van der Waals surface area contributed by atoms with E-state index in [1.54, 1.807) is 0 Å². The second-order valence-corrected chi connectivity index (χ2v) is 13.4. The van der Waals surface area contributed by atoms with Gasteiger partial charge in [0.15, 0.2) is 34.7 Å². The van der Waals surface area contributed by atoms with Crippen LogP contribution in [0.5, 0.6) is 5.75 Å². The van der Waals surface area contributed by atoms with Gasteiger partial charge < -0.3 is 21.1 Å². The number of likely N-dealkylation sites (N-methyl/N-ethyl adjacent to an activating group) is 2. The first-order valence-electron chi connectivity index (χ1n) is 13.6. The zero-order chi connectivity index (χ0) is 30.9. The zero-order valence-electron chi connectivity index (χ0n) is 24.1. The van der Waals surface area contributed by atoms with E-state index in [2.05, 4.69) is 0 Å². The first-order chi connectivity index (χ1) is 18.9. The summed E-state index contributed by atoms with van der Waals surface area (Å²) in [6.07, 6.45) is 0.0280. The molecule has 41 heavy (non-hydrogen) atoms. The Morgan fingerprint density at radius 3 is 2.29 bits per heavy atom. The normalized spacial score (nSPS) is 30.8. The van der Waals surface area contributed by atoms with Gasteiger partial charge in [0.2, 0.25) is 5.91 Å². The number of hydrogen-bond acceptors (Lipinski definition) is 10. The summed E-state index contributed by atoms with van der Waals surface area (Å²) < 4.78 is 0. The van der Waals surface area contributed by atoms with Crippen molar-refractivity contribution in [2.45, 2.75) is 57.8 Å². The average molecular weight is 592 g/mol. The highest BCUT2D eigenvalue weighted by molar-refractivity contribution is 6.34. The quantitative estimate of drug-likeness (QED) is 0.337. The van der Waals surface area contributed by atoms with Crippen molar-refractivity contribution in [2.75, 3.05) is 27.7 Å². The smallest absolute Gasteiger partial charge is 0.235 e. The van der Waals surface area contributed by atoms with E-state index in [0.717, 1.165) is 0 Å². The number of rotatable bonds is 6. The van der Waals surface area contributed by atoms with Crippen LogP contribution in [0, 0.1) is 29.1 Å². The highest BCUT2D eigenvalue weighted by Gasteiger charge is 2.69. The SMILES string of the molecule is CN(C)[C@@H]1C(=O)C(C(N)=O)C(=O)[C@@]2(O)C(=O)C3C(=O)c4c(O)cc(CN(C)[C@H](CO)C(C)(C)C)c(Cl)c4C[C@H]3C[C@@H]12. The largest absolute Gasteiger partial charge is 0.507 e. The first kappa shape index (κ1) is 31.2. The van der Waals surface area contributed by atoms with Crippen LogP contribution in [0.15, 0.2) is 6.07 Å². The van der Waals surface area contributed by atoms with Crippen LogP contribution in [0.1, 0.15) is 48.7 Å². The van der Waals surface area contributed by atoms with Crippen LogP contribution in [-0.4, -0.2) is 99.6 Å². The third-order valence-electron chi connectivity index (χ3n) is 9.19. The number of carbonyl (C=O) groups excluding carboxylic acids is 5. The van der Waals surface area contributed by atoms with Crippen molar-refractivity contribution in [1.29, 1.82) is 0 Å². The van der Waals surface area contributed by atoms with Gasteiger partial charge >= 0.3 is 0 Å². The fourth-order valence-electron chi connectivity index (χ4n) is 7.28. The number of benzene rings is 1. The van der Waals surface area contributed by atoms with Gasteiger partial charge in [-0.1, -0.05) is 32.4 Å². The van der Waals surface area contributed by atoms with Crippen molar-refractivity contribution < 1.29 is 39.3 Å². The number of aliphatic hydroxyl groups is 2. The highest BCUT2D eigenvalue weighted by Crippen LogP contribution is 2.52. The summed E-state index contributed by atoms with van der Waals surface area (Å²) in [5.41, 5.74) is 3.03. The number of Topliss-reactive ketones (excluding diaryl/α,β-unsaturated/α-hetero) is 4. The van der Waals surface area contributed by atoms with Gasteiger partial charge in [0.1, 0.15) is 5.75 Å². The maximum Gasteiger partial charge on any atom is 0.235 e. The van der Waals surface area contributed by atoms with Crippen LogP contribution in [-0.2, 0) is 32.1 Å². The number of ketones is 4. The van der Waals surface area contributed by atoms with E-state index in [9.17, 15) is 39.3 Å². The van der Waals surface area contributed by atoms with Gasteiger partial charge in [0.25, 0.3) is 0 Å². The Hall–Kier alpha value is -2.70. The molecule has 0 spiro atoms. The van der Waals surface area contributed by atoms with E-state index in [4.69, 9.17) is 17.3 Å². The zero-order valence-corrected chi connectivity index (χ0v) is 24.9. The van der Waals surface area contributed by atoms with E-state index in [1.165, 1.54) is 25.1 Å². The number of nitrogens with two attached hydrogens (primary N) is 1. The summed E-state index contributed by atoms with van der Waals surface area (Å²) in [5, 5.41) is 32.9. The minimum absolute atomic E-state index is 0.0538. The molecule has 1 aromatic rings. The van der Waals surface area contributed by atoms with Crippen molar-refractivity contribution in [2.24, 2.45) is 34.8 Å². The second kappa shape index (κ2) is 10.5. The lowest BCUT2D eigenvalue weighted by Gasteiger charge is -2.52. The van der Waals surface area contributed by atoms with E-state index in [0.29, 0.717) is 11.1 Å². The molecule has 3 aliphatic rings. The van der Waals surface area contributed by atoms with Gasteiger partial charge in [0.05, 0.1) is 24.1 Å². The van der Waals surface area contributed by atoms with Gasteiger partial charge in [0, 0.05) is 23.5 Å². The predicted octanol–water partition coefficient (Wildman–Crippen LogP) is 0.359. The average Bonchev–Trinajstić information content (AvgIpc) is 2.83. The Morgan fingerprint density at radius 1 is 1.17 bits per heavy atom. The number of fused-ring (bicyclic) bond motifs is 3. The lowest BCUT2D eigenvalue weighted by molar-refractivity contribution is -0.181.